The van der Waals surface area contributed by atoms with Gasteiger partial charge in [0, 0.05) is 45.0 Å². The third-order valence-corrected chi connectivity index (χ3v) is 5.90. The minimum Gasteiger partial charge on any atom is -0.497 e. The predicted octanol–water partition coefficient (Wildman–Crippen LogP) is 2.90. The van der Waals surface area contributed by atoms with Crippen molar-refractivity contribution in [1.29, 1.82) is 0 Å². The van der Waals surface area contributed by atoms with Gasteiger partial charge in [-0.25, -0.2) is 0 Å². The molecule has 1 aliphatic rings. The van der Waals surface area contributed by atoms with Gasteiger partial charge in [-0.3, -0.25) is 14.4 Å². The molecule has 0 radical (unpaired) electrons. The average Bonchev–Trinajstić information content (AvgIpc) is 3.17. The van der Waals surface area contributed by atoms with Crippen LogP contribution in [0.5, 0.6) is 5.75 Å². The van der Waals surface area contributed by atoms with E-state index in [1.54, 1.807) is 11.8 Å². The molecule has 1 amide bonds. The quantitative estimate of drug-likeness (QED) is 0.504. The molecular formula is C26H32N4O3. The normalized spacial score (nSPS) is 17.2. The summed E-state index contributed by atoms with van der Waals surface area (Å²) in [6.45, 7) is 3.48. The fourth-order valence-corrected chi connectivity index (χ4v) is 4.19. The van der Waals surface area contributed by atoms with E-state index in [4.69, 9.17) is 9.47 Å². The van der Waals surface area contributed by atoms with Crippen LogP contribution in [0.25, 0.3) is 0 Å². The first kappa shape index (κ1) is 23.0. The summed E-state index contributed by atoms with van der Waals surface area (Å²) in [6, 6.07) is 18.2. The van der Waals surface area contributed by atoms with Crippen molar-refractivity contribution in [2.24, 2.45) is 7.05 Å². The lowest BCUT2D eigenvalue weighted by Crippen LogP contribution is -2.39. The van der Waals surface area contributed by atoms with Gasteiger partial charge < -0.3 is 14.4 Å². The number of benzene rings is 2. The molecule has 2 heterocycles. The fourth-order valence-electron chi connectivity index (χ4n) is 4.19. The molecule has 1 saturated heterocycles. The molecule has 0 bridgehead atoms. The highest BCUT2D eigenvalue weighted by molar-refractivity contribution is 5.78. The van der Waals surface area contributed by atoms with E-state index in [9.17, 15) is 4.79 Å². The summed E-state index contributed by atoms with van der Waals surface area (Å²) in [6.07, 6.45) is 4.59. The minimum absolute atomic E-state index is 0.0879. The fraction of sp³-hybridized carbons (Fsp3) is 0.385. The second kappa shape index (κ2) is 11.1. The topological polar surface area (TPSA) is 59.8 Å². The second-order valence-electron chi connectivity index (χ2n) is 8.55. The lowest BCUT2D eigenvalue weighted by molar-refractivity contribution is -0.131. The van der Waals surface area contributed by atoms with Gasteiger partial charge in [-0.05, 0) is 29.7 Å². The maximum atomic E-state index is 13.1. The summed E-state index contributed by atoms with van der Waals surface area (Å²) in [5, 5.41) is 4.27. The van der Waals surface area contributed by atoms with Crippen LogP contribution in [-0.4, -0.2) is 64.9 Å². The van der Waals surface area contributed by atoms with Crippen molar-refractivity contribution in [3.8, 4) is 5.75 Å². The van der Waals surface area contributed by atoms with Crippen LogP contribution in [0.2, 0.25) is 0 Å². The first-order chi connectivity index (χ1) is 16.1. The molecule has 1 aromatic heterocycles. The molecule has 3 aromatic rings. The van der Waals surface area contributed by atoms with Gasteiger partial charge in [0.25, 0.3) is 0 Å². The van der Waals surface area contributed by atoms with E-state index in [1.165, 1.54) is 5.56 Å². The molecule has 2 aromatic carbocycles. The first-order valence-corrected chi connectivity index (χ1v) is 11.3. The molecule has 174 valence electrons. The van der Waals surface area contributed by atoms with Crippen molar-refractivity contribution >= 4 is 5.91 Å². The monoisotopic (exact) mass is 448 g/mol. The van der Waals surface area contributed by atoms with Crippen molar-refractivity contribution in [3.05, 3.63) is 83.7 Å². The summed E-state index contributed by atoms with van der Waals surface area (Å²) in [5.74, 6) is 0.956. The van der Waals surface area contributed by atoms with Crippen LogP contribution in [0, 0.1) is 0 Å². The van der Waals surface area contributed by atoms with E-state index >= 15 is 0 Å². The number of carbonyl (C=O) groups is 1. The summed E-state index contributed by atoms with van der Waals surface area (Å²) in [7, 11) is 3.57. The number of methoxy groups -OCH3 is 1. The standard InChI is InChI=1S/C26H32N4O3/c1-28-15-23(14-27-28)16-29-17-25(33-20-22-9-6-10-24(13-22)32-2)18-30(26(31)19-29)12-11-21-7-4-3-5-8-21/h3-10,13-15,25H,11-12,16-20H2,1-2H3. The Balaban J connectivity index is 1.45. The highest BCUT2D eigenvalue weighted by atomic mass is 16.5. The Labute approximate surface area is 195 Å². The van der Waals surface area contributed by atoms with Crippen LogP contribution in [0.1, 0.15) is 16.7 Å². The number of aromatic nitrogens is 2. The maximum Gasteiger partial charge on any atom is 0.236 e. The highest BCUT2D eigenvalue weighted by Gasteiger charge is 2.28. The van der Waals surface area contributed by atoms with Gasteiger partial charge in [-0.1, -0.05) is 42.5 Å². The SMILES string of the molecule is COc1cccc(COC2CN(Cc3cnn(C)c3)CC(=O)N(CCc3ccccc3)C2)c1. The molecular weight excluding hydrogens is 416 g/mol. The molecule has 7 heteroatoms. The van der Waals surface area contributed by atoms with Crippen LogP contribution in [0.15, 0.2) is 67.0 Å². The van der Waals surface area contributed by atoms with Gasteiger partial charge in [0.15, 0.2) is 0 Å². The number of hydrogen-bond acceptors (Lipinski definition) is 5. The van der Waals surface area contributed by atoms with Crippen LogP contribution < -0.4 is 4.74 Å². The third-order valence-electron chi connectivity index (χ3n) is 5.90. The smallest absolute Gasteiger partial charge is 0.236 e. The van der Waals surface area contributed by atoms with Crippen molar-refractivity contribution in [2.45, 2.75) is 25.7 Å². The van der Waals surface area contributed by atoms with Crippen LogP contribution in [0.3, 0.4) is 0 Å². The molecule has 0 spiro atoms. The van der Waals surface area contributed by atoms with Crippen molar-refractivity contribution in [2.75, 3.05) is 33.3 Å². The number of amides is 1. The molecule has 0 N–H and O–H groups in total. The molecule has 1 unspecified atom stereocenters. The van der Waals surface area contributed by atoms with Gasteiger partial charge >= 0.3 is 0 Å². The Bertz CT molecular complexity index is 1040. The summed E-state index contributed by atoms with van der Waals surface area (Å²) in [5.41, 5.74) is 3.38. The van der Waals surface area contributed by atoms with Gasteiger partial charge in [-0.2, -0.15) is 5.10 Å². The van der Waals surface area contributed by atoms with Crippen molar-refractivity contribution < 1.29 is 14.3 Å². The number of rotatable bonds is 9. The van der Waals surface area contributed by atoms with Crippen LogP contribution in [0.4, 0.5) is 0 Å². The Morgan fingerprint density at radius 1 is 1.03 bits per heavy atom. The lowest BCUT2D eigenvalue weighted by atomic mass is 10.1. The number of aryl methyl sites for hydroxylation is 1. The maximum absolute atomic E-state index is 13.1. The third kappa shape index (κ3) is 6.66. The van der Waals surface area contributed by atoms with Crippen LogP contribution in [-0.2, 0) is 36.2 Å². The number of hydrogen-bond donors (Lipinski definition) is 0. The molecule has 4 rings (SSSR count). The average molecular weight is 449 g/mol. The molecule has 33 heavy (non-hydrogen) atoms. The van der Waals surface area contributed by atoms with Crippen LogP contribution >= 0.6 is 0 Å². The Morgan fingerprint density at radius 3 is 2.61 bits per heavy atom. The second-order valence-corrected chi connectivity index (χ2v) is 8.55. The number of ether oxygens (including phenoxy) is 2. The summed E-state index contributed by atoms with van der Waals surface area (Å²) in [4.78, 5) is 17.3. The predicted molar refractivity (Wildman–Crippen MR) is 127 cm³/mol. The van der Waals surface area contributed by atoms with Crippen molar-refractivity contribution in [3.63, 3.8) is 0 Å². The summed E-state index contributed by atoms with van der Waals surface area (Å²) < 4.78 is 13.5. The van der Waals surface area contributed by atoms with Gasteiger partial charge in [0.1, 0.15) is 5.75 Å². The van der Waals surface area contributed by atoms with E-state index in [-0.39, 0.29) is 12.0 Å². The Kier molecular flexibility index (Phi) is 7.75. The largest absolute Gasteiger partial charge is 0.497 e. The molecule has 7 nitrogen and oxygen atoms in total. The van der Waals surface area contributed by atoms with E-state index in [0.29, 0.717) is 39.3 Å². The number of carbonyl (C=O) groups excluding carboxylic acids is 1. The van der Waals surface area contributed by atoms with E-state index < -0.39 is 0 Å². The molecule has 0 aliphatic carbocycles. The van der Waals surface area contributed by atoms with Gasteiger partial charge in [0.05, 0.1) is 32.6 Å². The zero-order valence-corrected chi connectivity index (χ0v) is 19.4. The zero-order chi connectivity index (χ0) is 23.0. The van der Waals surface area contributed by atoms with E-state index in [0.717, 1.165) is 23.3 Å². The molecule has 0 saturated carbocycles. The summed E-state index contributed by atoms with van der Waals surface area (Å²) >= 11 is 0. The number of nitrogens with zero attached hydrogens (tertiary/aromatic N) is 4. The van der Waals surface area contributed by atoms with Crippen molar-refractivity contribution in [1.82, 2.24) is 19.6 Å². The molecule has 1 fully saturated rings. The molecule has 1 aliphatic heterocycles. The zero-order valence-electron chi connectivity index (χ0n) is 19.4. The Hall–Kier alpha value is -3.16. The van der Waals surface area contributed by atoms with Gasteiger partial charge in [0.2, 0.25) is 5.91 Å². The minimum atomic E-state index is -0.0879. The highest BCUT2D eigenvalue weighted by Crippen LogP contribution is 2.17. The van der Waals surface area contributed by atoms with E-state index in [2.05, 4.69) is 22.1 Å². The molecule has 1 atom stereocenters. The first-order valence-electron chi connectivity index (χ1n) is 11.3. The Morgan fingerprint density at radius 2 is 1.85 bits per heavy atom. The lowest BCUT2D eigenvalue weighted by Gasteiger charge is -2.25. The van der Waals surface area contributed by atoms with Gasteiger partial charge in [-0.15, -0.1) is 0 Å². The van der Waals surface area contributed by atoms with E-state index in [1.807, 2.05) is 66.8 Å².